The van der Waals surface area contributed by atoms with Gasteiger partial charge in [-0.05, 0) is 31.9 Å². The first-order valence-corrected chi connectivity index (χ1v) is 7.54. The van der Waals surface area contributed by atoms with Crippen molar-refractivity contribution >= 4 is 11.9 Å². The summed E-state index contributed by atoms with van der Waals surface area (Å²) in [7, 11) is 0. The van der Waals surface area contributed by atoms with E-state index in [-0.39, 0.29) is 18.5 Å². The third-order valence-electron chi connectivity index (χ3n) is 4.26. The maximum atomic E-state index is 12.7. The number of piperidine rings is 1. The topological polar surface area (TPSA) is 88.3 Å². The van der Waals surface area contributed by atoms with Gasteiger partial charge in [-0.3, -0.25) is 14.6 Å². The monoisotopic (exact) mass is 314 g/mol. The van der Waals surface area contributed by atoms with E-state index < -0.39 is 11.9 Å². The Hall–Kier alpha value is -2.70. The summed E-state index contributed by atoms with van der Waals surface area (Å²) in [6, 6.07) is 3.50. The number of likely N-dealkylation sites (tertiary alicyclic amines) is 1. The molecular weight excluding hydrogens is 296 g/mol. The lowest BCUT2D eigenvalue weighted by atomic mass is 9.93. The molecule has 1 N–H and O–H groups in total. The minimum atomic E-state index is -0.852. The lowest BCUT2D eigenvalue weighted by Gasteiger charge is -2.36. The molecule has 2 atom stereocenters. The van der Waals surface area contributed by atoms with Gasteiger partial charge < -0.3 is 14.6 Å². The van der Waals surface area contributed by atoms with Crippen LogP contribution in [0.4, 0.5) is 0 Å². The van der Waals surface area contributed by atoms with Crippen LogP contribution in [0.1, 0.15) is 30.3 Å². The predicted molar refractivity (Wildman–Crippen MR) is 82.2 cm³/mol. The Morgan fingerprint density at radius 3 is 2.83 bits per heavy atom. The van der Waals surface area contributed by atoms with Crippen LogP contribution in [-0.4, -0.2) is 49.0 Å². The zero-order valence-electron chi connectivity index (χ0n) is 12.8. The van der Waals surface area contributed by atoms with Crippen molar-refractivity contribution in [3.05, 3.63) is 42.7 Å². The third-order valence-corrected chi connectivity index (χ3v) is 4.26. The van der Waals surface area contributed by atoms with E-state index >= 15 is 0 Å². The first-order chi connectivity index (χ1) is 11.1. The molecule has 0 radical (unpaired) electrons. The van der Waals surface area contributed by atoms with Crippen LogP contribution in [0.25, 0.3) is 5.69 Å². The van der Waals surface area contributed by atoms with Crippen LogP contribution in [-0.2, 0) is 4.79 Å². The molecule has 1 saturated heterocycles. The smallest absolute Gasteiger partial charge is 0.308 e. The number of carboxylic acids is 1. The fourth-order valence-corrected chi connectivity index (χ4v) is 2.85. The zero-order valence-corrected chi connectivity index (χ0v) is 12.8. The number of pyridine rings is 1. The Morgan fingerprint density at radius 1 is 1.30 bits per heavy atom. The number of rotatable bonds is 3. The average molecular weight is 314 g/mol. The van der Waals surface area contributed by atoms with Crippen LogP contribution in [0.3, 0.4) is 0 Å². The lowest BCUT2D eigenvalue weighted by Crippen LogP contribution is -2.47. The number of carboxylic acid groups (broad SMARTS) is 1. The van der Waals surface area contributed by atoms with Gasteiger partial charge in [-0.1, -0.05) is 0 Å². The molecule has 0 aromatic carbocycles. The Morgan fingerprint density at radius 2 is 2.13 bits per heavy atom. The maximum Gasteiger partial charge on any atom is 0.308 e. The van der Waals surface area contributed by atoms with Gasteiger partial charge in [-0.15, -0.1) is 0 Å². The molecular formula is C16H18N4O3. The van der Waals surface area contributed by atoms with E-state index in [1.54, 1.807) is 46.5 Å². The number of nitrogens with zero attached hydrogens (tertiary/aromatic N) is 4. The number of hydrogen-bond acceptors (Lipinski definition) is 4. The van der Waals surface area contributed by atoms with Gasteiger partial charge in [0, 0.05) is 31.2 Å². The van der Waals surface area contributed by atoms with Gasteiger partial charge in [0.05, 0.1) is 17.9 Å². The van der Waals surface area contributed by atoms with Crippen LogP contribution in [0.2, 0.25) is 0 Å². The van der Waals surface area contributed by atoms with Crippen molar-refractivity contribution in [1.82, 2.24) is 19.4 Å². The number of hydrogen-bond donors (Lipinski definition) is 1. The minimum Gasteiger partial charge on any atom is -0.481 e. The van der Waals surface area contributed by atoms with E-state index in [4.69, 9.17) is 0 Å². The normalized spacial score (nSPS) is 21.2. The fourth-order valence-electron chi connectivity index (χ4n) is 2.85. The first kappa shape index (κ1) is 15.2. The van der Waals surface area contributed by atoms with E-state index in [1.807, 2.05) is 6.92 Å². The van der Waals surface area contributed by atoms with Crippen LogP contribution in [0.5, 0.6) is 0 Å². The summed E-state index contributed by atoms with van der Waals surface area (Å²) in [5.41, 5.74) is 1.11. The highest BCUT2D eigenvalue weighted by molar-refractivity contribution is 5.93. The van der Waals surface area contributed by atoms with E-state index in [0.29, 0.717) is 18.5 Å². The molecule has 7 nitrogen and oxygen atoms in total. The van der Waals surface area contributed by atoms with Crippen LogP contribution >= 0.6 is 0 Å². The molecule has 2 unspecified atom stereocenters. The third kappa shape index (κ3) is 3.08. The second-order valence-corrected chi connectivity index (χ2v) is 5.79. The summed E-state index contributed by atoms with van der Waals surface area (Å²) in [6.07, 6.45) is 7.95. The highest BCUT2D eigenvalue weighted by Gasteiger charge is 2.33. The summed E-state index contributed by atoms with van der Waals surface area (Å²) < 4.78 is 1.79. The lowest BCUT2D eigenvalue weighted by molar-refractivity contribution is -0.143. The molecule has 0 bridgehead atoms. The van der Waals surface area contributed by atoms with Gasteiger partial charge >= 0.3 is 5.97 Å². The predicted octanol–water partition coefficient (Wildman–Crippen LogP) is 1.59. The van der Waals surface area contributed by atoms with Gasteiger partial charge in [0.15, 0.2) is 0 Å². The summed E-state index contributed by atoms with van der Waals surface area (Å²) in [6.45, 7) is 2.17. The molecule has 7 heteroatoms. The molecule has 0 spiro atoms. The Kier molecular flexibility index (Phi) is 4.10. The molecule has 23 heavy (non-hydrogen) atoms. The summed E-state index contributed by atoms with van der Waals surface area (Å²) in [4.78, 5) is 33.7. The van der Waals surface area contributed by atoms with Crippen molar-refractivity contribution in [3.8, 4) is 5.69 Å². The van der Waals surface area contributed by atoms with Gasteiger partial charge in [0.25, 0.3) is 5.91 Å². The van der Waals surface area contributed by atoms with E-state index in [9.17, 15) is 14.7 Å². The second-order valence-electron chi connectivity index (χ2n) is 5.79. The molecule has 2 aromatic rings. The Bertz CT molecular complexity index is 714. The molecule has 120 valence electrons. The second kappa shape index (κ2) is 6.20. The number of carbonyl (C=O) groups excluding carboxylic acids is 1. The van der Waals surface area contributed by atoms with Crippen LogP contribution in [0, 0.1) is 5.92 Å². The van der Waals surface area contributed by atoms with Gasteiger partial charge in [0.2, 0.25) is 0 Å². The molecule has 1 aliphatic heterocycles. The fraction of sp³-hybridized carbons (Fsp3) is 0.375. The standard InChI is InChI=1S/C16H18N4O3/c1-11-2-3-12(16(22)23)9-20(11)15(21)14-8-13(4-5-18-14)19-7-6-17-10-19/h4-8,10-12H,2-3,9H2,1H3,(H,22,23). The van der Waals surface area contributed by atoms with Crippen molar-refractivity contribution in [2.75, 3.05) is 6.54 Å². The molecule has 0 aliphatic carbocycles. The van der Waals surface area contributed by atoms with Crippen LogP contribution < -0.4 is 0 Å². The Labute approximate surface area is 133 Å². The van der Waals surface area contributed by atoms with Gasteiger partial charge in [-0.2, -0.15) is 0 Å². The van der Waals surface area contributed by atoms with E-state index in [0.717, 1.165) is 5.69 Å². The van der Waals surface area contributed by atoms with Crippen molar-refractivity contribution < 1.29 is 14.7 Å². The highest BCUT2D eigenvalue weighted by atomic mass is 16.4. The van der Waals surface area contributed by atoms with Gasteiger partial charge in [0.1, 0.15) is 5.69 Å². The molecule has 1 fully saturated rings. The minimum absolute atomic E-state index is 0.0109. The summed E-state index contributed by atoms with van der Waals surface area (Å²) >= 11 is 0. The summed E-state index contributed by atoms with van der Waals surface area (Å²) in [5, 5.41) is 9.20. The number of imidazole rings is 1. The molecule has 2 aromatic heterocycles. The van der Waals surface area contributed by atoms with Crippen molar-refractivity contribution in [2.45, 2.75) is 25.8 Å². The highest BCUT2D eigenvalue weighted by Crippen LogP contribution is 2.24. The quantitative estimate of drug-likeness (QED) is 0.929. The number of aliphatic carboxylic acids is 1. The van der Waals surface area contributed by atoms with Crippen molar-refractivity contribution in [1.29, 1.82) is 0 Å². The van der Waals surface area contributed by atoms with E-state index in [1.165, 1.54) is 0 Å². The SMILES string of the molecule is CC1CCC(C(=O)O)CN1C(=O)c1cc(-n2ccnc2)ccn1. The average Bonchev–Trinajstić information content (AvgIpc) is 3.09. The van der Waals surface area contributed by atoms with Crippen LogP contribution in [0.15, 0.2) is 37.1 Å². The number of amides is 1. The largest absolute Gasteiger partial charge is 0.481 e. The van der Waals surface area contributed by atoms with E-state index in [2.05, 4.69) is 9.97 Å². The molecule has 1 aliphatic rings. The number of carbonyl (C=O) groups is 2. The number of aromatic nitrogens is 3. The zero-order chi connectivity index (χ0) is 16.4. The molecule has 1 amide bonds. The van der Waals surface area contributed by atoms with Crippen molar-refractivity contribution in [3.63, 3.8) is 0 Å². The first-order valence-electron chi connectivity index (χ1n) is 7.54. The van der Waals surface area contributed by atoms with Gasteiger partial charge in [-0.25, -0.2) is 4.98 Å². The molecule has 3 rings (SSSR count). The Balaban J connectivity index is 1.84. The molecule has 3 heterocycles. The van der Waals surface area contributed by atoms with Crippen molar-refractivity contribution in [2.24, 2.45) is 5.92 Å². The molecule has 0 saturated carbocycles. The maximum absolute atomic E-state index is 12.7. The summed E-state index contributed by atoms with van der Waals surface area (Å²) in [5.74, 6) is -1.59.